The molecule has 1 aromatic rings. The average Bonchev–Trinajstić information content (AvgIpc) is 2.89. The standard InChI is InChI=1S/C13H20N2O/c1-10(2)15(8-11-5-6-11)9-13(16)12-4-3-7-14-12/h3-4,7,10-11,14H,5-6,8-9H2,1-2H3. The first-order valence-corrected chi connectivity index (χ1v) is 6.07. The lowest BCUT2D eigenvalue weighted by Gasteiger charge is -2.25. The van der Waals surface area contributed by atoms with E-state index in [2.05, 4.69) is 23.7 Å². The second kappa shape index (κ2) is 4.83. The highest BCUT2D eigenvalue weighted by Gasteiger charge is 2.26. The monoisotopic (exact) mass is 220 g/mol. The van der Waals surface area contributed by atoms with Crippen molar-refractivity contribution in [2.75, 3.05) is 13.1 Å². The van der Waals surface area contributed by atoms with Crippen molar-refractivity contribution in [1.29, 1.82) is 0 Å². The summed E-state index contributed by atoms with van der Waals surface area (Å²) in [5.41, 5.74) is 0.724. The van der Waals surface area contributed by atoms with Crippen LogP contribution in [0.25, 0.3) is 0 Å². The molecule has 1 heterocycles. The summed E-state index contributed by atoms with van der Waals surface area (Å²) in [5, 5.41) is 0. The molecule has 1 saturated carbocycles. The molecule has 88 valence electrons. The number of ketones is 1. The normalized spacial score (nSPS) is 16.0. The van der Waals surface area contributed by atoms with Gasteiger partial charge in [-0.3, -0.25) is 9.69 Å². The maximum atomic E-state index is 11.9. The van der Waals surface area contributed by atoms with E-state index in [9.17, 15) is 4.79 Å². The Bertz CT molecular complexity index is 339. The van der Waals surface area contributed by atoms with Crippen LogP contribution in [0, 0.1) is 5.92 Å². The van der Waals surface area contributed by atoms with E-state index in [0.29, 0.717) is 12.6 Å². The summed E-state index contributed by atoms with van der Waals surface area (Å²) in [6.45, 7) is 5.92. The summed E-state index contributed by atoms with van der Waals surface area (Å²) in [7, 11) is 0. The van der Waals surface area contributed by atoms with Gasteiger partial charge >= 0.3 is 0 Å². The van der Waals surface area contributed by atoms with Crippen LogP contribution in [0.15, 0.2) is 18.3 Å². The van der Waals surface area contributed by atoms with E-state index in [1.807, 2.05) is 12.1 Å². The third kappa shape index (κ3) is 2.95. The van der Waals surface area contributed by atoms with Crippen LogP contribution < -0.4 is 0 Å². The number of carbonyl (C=O) groups excluding carboxylic acids is 1. The summed E-state index contributed by atoms with van der Waals surface area (Å²) in [6, 6.07) is 4.16. The van der Waals surface area contributed by atoms with Gasteiger partial charge < -0.3 is 4.98 Å². The van der Waals surface area contributed by atoms with Gasteiger partial charge in [-0.05, 0) is 44.7 Å². The maximum absolute atomic E-state index is 11.9. The number of aromatic amines is 1. The Kier molecular flexibility index (Phi) is 3.44. The van der Waals surface area contributed by atoms with Crippen molar-refractivity contribution in [3.63, 3.8) is 0 Å². The van der Waals surface area contributed by atoms with Crippen molar-refractivity contribution in [2.24, 2.45) is 5.92 Å². The fourth-order valence-electron chi connectivity index (χ4n) is 1.86. The van der Waals surface area contributed by atoms with E-state index in [1.54, 1.807) is 6.20 Å². The van der Waals surface area contributed by atoms with E-state index in [4.69, 9.17) is 0 Å². The van der Waals surface area contributed by atoms with Crippen molar-refractivity contribution >= 4 is 5.78 Å². The maximum Gasteiger partial charge on any atom is 0.192 e. The Morgan fingerprint density at radius 2 is 2.31 bits per heavy atom. The van der Waals surface area contributed by atoms with Crippen LogP contribution in [-0.4, -0.2) is 34.8 Å². The van der Waals surface area contributed by atoms with Crippen molar-refractivity contribution in [3.05, 3.63) is 24.0 Å². The van der Waals surface area contributed by atoms with Crippen molar-refractivity contribution in [1.82, 2.24) is 9.88 Å². The van der Waals surface area contributed by atoms with Gasteiger partial charge in [-0.25, -0.2) is 0 Å². The van der Waals surface area contributed by atoms with E-state index >= 15 is 0 Å². The predicted molar refractivity (Wildman–Crippen MR) is 64.6 cm³/mol. The molecule has 0 atom stereocenters. The van der Waals surface area contributed by atoms with Crippen LogP contribution >= 0.6 is 0 Å². The van der Waals surface area contributed by atoms with Crippen molar-refractivity contribution in [2.45, 2.75) is 32.7 Å². The largest absolute Gasteiger partial charge is 0.359 e. The zero-order valence-electron chi connectivity index (χ0n) is 10.1. The number of hydrogen-bond acceptors (Lipinski definition) is 2. The zero-order valence-corrected chi connectivity index (χ0v) is 10.1. The molecule has 1 aromatic heterocycles. The summed E-state index contributed by atoms with van der Waals surface area (Å²) in [5.74, 6) is 1.03. The number of rotatable bonds is 6. The molecule has 16 heavy (non-hydrogen) atoms. The molecule has 0 unspecified atom stereocenters. The van der Waals surface area contributed by atoms with E-state index < -0.39 is 0 Å². The molecule has 0 amide bonds. The molecule has 0 bridgehead atoms. The molecule has 1 aliphatic carbocycles. The van der Waals surface area contributed by atoms with Gasteiger partial charge in [-0.15, -0.1) is 0 Å². The molecule has 0 saturated heterocycles. The molecule has 3 heteroatoms. The van der Waals surface area contributed by atoms with Crippen molar-refractivity contribution < 1.29 is 4.79 Å². The van der Waals surface area contributed by atoms with Gasteiger partial charge in [0.2, 0.25) is 0 Å². The first kappa shape index (κ1) is 11.4. The number of nitrogens with one attached hydrogen (secondary N) is 1. The Labute approximate surface area is 96.8 Å². The first-order chi connectivity index (χ1) is 7.66. The highest BCUT2D eigenvalue weighted by Crippen LogP contribution is 2.30. The van der Waals surface area contributed by atoms with Crippen LogP contribution in [0.5, 0.6) is 0 Å². The van der Waals surface area contributed by atoms with E-state index in [0.717, 1.165) is 18.2 Å². The minimum absolute atomic E-state index is 0.194. The van der Waals surface area contributed by atoms with E-state index in [1.165, 1.54) is 12.8 Å². The highest BCUT2D eigenvalue weighted by molar-refractivity contribution is 5.95. The lowest BCUT2D eigenvalue weighted by atomic mass is 10.2. The van der Waals surface area contributed by atoms with Gasteiger partial charge in [0.15, 0.2) is 5.78 Å². The second-order valence-electron chi connectivity index (χ2n) is 4.97. The molecule has 1 aliphatic rings. The Morgan fingerprint density at radius 3 is 2.81 bits per heavy atom. The van der Waals surface area contributed by atoms with Crippen LogP contribution in [0.1, 0.15) is 37.2 Å². The smallest absolute Gasteiger partial charge is 0.192 e. The topological polar surface area (TPSA) is 36.1 Å². The molecular formula is C13H20N2O. The Hall–Kier alpha value is -1.09. The third-order valence-corrected chi connectivity index (χ3v) is 3.16. The summed E-state index contributed by atoms with van der Waals surface area (Å²) < 4.78 is 0. The third-order valence-electron chi connectivity index (χ3n) is 3.16. The summed E-state index contributed by atoms with van der Waals surface area (Å²) >= 11 is 0. The molecule has 2 rings (SSSR count). The van der Waals surface area contributed by atoms with Gasteiger partial charge in [0, 0.05) is 18.8 Å². The molecule has 0 aliphatic heterocycles. The predicted octanol–water partition coefficient (Wildman–Crippen LogP) is 2.32. The number of hydrogen-bond donors (Lipinski definition) is 1. The quantitative estimate of drug-likeness (QED) is 0.747. The van der Waals surface area contributed by atoms with Gasteiger partial charge in [-0.2, -0.15) is 0 Å². The lowest BCUT2D eigenvalue weighted by Crippen LogP contribution is -2.37. The summed E-state index contributed by atoms with van der Waals surface area (Å²) in [4.78, 5) is 17.2. The number of nitrogens with zero attached hydrogens (tertiary/aromatic N) is 1. The lowest BCUT2D eigenvalue weighted by molar-refractivity contribution is 0.0896. The number of Topliss-reactive ketones (excluding diaryl/α,β-unsaturated/α-hetero) is 1. The Balaban J connectivity index is 1.91. The zero-order chi connectivity index (χ0) is 11.5. The van der Waals surface area contributed by atoms with E-state index in [-0.39, 0.29) is 5.78 Å². The molecule has 0 aromatic carbocycles. The highest BCUT2D eigenvalue weighted by atomic mass is 16.1. The fraction of sp³-hybridized carbons (Fsp3) is 0.615. The minimum atomic E-state index is 0.194. The molecule has 1 fully saturated rings. The number of carbonyl (C=O) groups is 1. The molecule has 0 radical (unpaired) electrons. The number of aromatic nitrogens is 1. The number of H-pyrrole nitrogens is 1. The Morgan fingerprint density at radius 1 is 1.56 bits per heavy atom. The molecule has 0 spiro atoms. The van der Waals surface area contributed by atoms with Gasteiger partial charge in [0.1, 0.15) is 0 Å². The average molecular weight is 220 g/mol. The minimum Gasteiger partial charge on any atom is -0.359 e. The fourth-order valence-corrected chi connectivity index (χ4v) is 1.86. The first-order valence-electron chi connectivity index (χ1n) is 6.07. The molecule has 3 nitrogen and oxygen atoms in total. The van der Waals surface area contributed by atoms with Gasteiger partial charge in [0.25, 0.3) is 0 Å². The van der Waals surface area contributed by atoms with Crippen molar-refractivity contribution in [3.8, 4) is 0 Å². The van der Waals surface area contributed by atoms with Crippen LogP contribution in [-0.2, 0) is 0 Å². The van der Waals surface area contributed by atoms with Crippen LogP contribution in [0.2, 0.25) is 0 Å². The second-order valence-corrected chi connectivity index (χ2v) is 4.97. The molecular weight excluding hydrogens is 200 g/mol. The summed E-state index contributed by atoms with van der Waals surface area (Å²) in [6.07, 6.45) is 4.47. The van der Waals surface area contributed by atoms with Crippen LogP contribution in [0.4, 0.5) is 0 Å². The van der Waals surface area contributed by atoms with Gasteiger partial charge in [0.05, 0.1) is 12.2 Å². The SMILES string of the molecule is CC(C)N(CC(=O)c1ccc[nH]1)CC1CC1. The van der Waals surface area contributed by atoms with Crippen LogP contribution in [0.3, 0.4) is 0 Å². The molecule has 1 N–H and O–H groups in total. The van der Waals surface area contributed by atoms with Gasteiger partial charge in [-0.1, -0.05) is 0 Å².